The first kappa shape index (κ1) is 13.1. The molecule has 0 saturated carbocycles. The van der Waals surface area contributed by atoms with Crippen molar-refractivity contribution < 1.29 is 9.59 Å². The maximum atomic E-state index is 11.9. The molecule has 0 unspecified atom stereocenters. The largest absolute Gasteiger partial charge is 0.358 e. The molecule has 98 valence electrons. The highest BCUT2D eigenvalue weighted by atomic mass is 16.2. The van der Waals surface area contributed by atoms with E-state index in [0.717, 1.165) is 16.7 Å². The lowest BCUT2D eigenvalue weighted by Crippen LogP contribution is -2.24. The van der Waals surface area contributed by atoms with Crippen LogP contribution in [0.15, 0.2) is 30.5 Å². The third kappa shape index (κ3) is 2.73. The van der Waals surface area contributed by atoms with Gasteiger partial charge in [0, 0.05) is 11.9 Å². The third-order valence-corrected chi connectivity index (χ3v) is 2.96. The van der Waals surface area contributed by atoms with Crippen molar-refractivity contribution in [1.29, 1.82) is 0 Å². The van der Waals surface area contributed by atoms with E-state index in [9.17, 15) is 9.59 Å². The Morgan fingerprint density at radius 1 is 1.11 bits per heavy atom. The van der Waals surface area contributed by atoms with Crippen LogP contribution in [0.25, 0.3) is 0 Å². The smallest absolute Gasteiger partial charge is 0.298 e. The maximum Gasteiger partial charge on any atom is 0.298 e. The zero-order valence-electron chi connectivity index (χ0n) is 11.2. The van der Waals surface area contributed by atoms with Crippen molar-refractivity contribution in [2.75, 3.05) is 5.32 Å². The number of rotatable bonds is 3. The van der Waals surface area contributed by atoms with Crippen LogP contribution in [0.2, 0.25) is 0 Å². The predicted molar refractivity (Wildman–Crippen MR) is 74.4 cm³/mol. The highest BCUT2D eigenvalue weighted by Crippen LogP contribution is 2.22. The van der Waals surface area contributed by atoms with E-state index >= 15 is 0 Å². The van der Waals surface area contributed by atoms with Gasteiger partial charge in [-0.25, -0.2) is 0 Å². The van der Waals surface area contributed by atoms with Crippen molar-refractivity contribution >= 4 is 17.4 Å². The van der Waals surface area contributed by atoms with Gasteiger partial charge in [0.1, 0.15) is 0 Å². The topological polar surface area (TPSA) is 62.0 Å². The molecule has 0 fully saturated rings. The lowest BCUT2D eigenvalue weighted by molar-refractivity contribution is -0.112. The van der Waals surface area contributed by atoms with E-state index in [0.29, 0.717) is 11.4 Å². The van der Waals surface area contributed by atoms with Crippen molar-refractivity contribution in [3.63, 3.8) is 0 Å². The molecular weight excluding hydrogens is 240 g/mol. The molecular formula is C15H16N2O2. The van der Waals surface area contributed by atoms with Gasteiger partial charge in [-0.1, -0.05) is 17.7 Å². The summed E-state index contributed by atoms with van der Waals surface area (Å²) in [4.78, 5) is 26.5. The monoisotopic (exact) mass is 256 g/mol. The fraction of sp³-hybridized carbons (Fsp3) is 0.200. The summed E-state index contributed by atoms with van der Waals surface area (Å²) in [6.07, 6.45) is 1.61. The van der Waals surface area contributed by atoms with Crippen LogP contribution in [0.3, 0.4) is 0 Å². The van der Waals surface area contributed by atoms with Crippen LogP contribution in [-0.2, 0) is 4.79 Å². The lowest BCUT2D eigenvalue weighted by Gasteiger charge is -2.12. The first-order valence-electron chi connectivity index (χ1n) is 6.06. The number of hydrogen-bond donors (Lipinski definition) is 2. The van der Waals surface area contributed by atoms with Gasteiger partial charge in [-0.05, 0) is 44.0 Å². The number of anilines is 1. The van der Waals surface area contributed by atoms with Crippen LogP contribution >= 0.6 is 0 Å². The molecule has 2 rings (SSSR count). The number of benzene rings is 1. The van der Waals surface area contributed by atoms with Crippen LogP contribution in [0.4, 0.5) is 5.69 Å². The summed E-state index contributed by atoms with van der Waals surface area (Å²) in [5, 5.41) is 2.69. The zero-order valence-corrected chi connectivity index (χ0v) is 11.2. The zero-order chi connectivity index (χ0) is 14.0. The van der Waals surface area contributed by atoms with Crippen molar-refractivity contribution in [1.82, 2.24) is 4.98 Å². The van der Waals surface area contributed by atoms with E-state index in [1.165, 1.54) is 0 Å². The molecule has 0 atom stereocenters. The molecule has 0 radical (unpaired) electrons. The molecule has 0 aliphatic rings. The minimum Gasteiger partial charge on any atom is -0.358 e. The molecule has 0 aliphatic carbocycles. The summed E-state index contributed by atoms with van der Waals surface area (Å²) in [5.41, 5.74) is 4.02. The number of nitrogens with one attached hydrogen (secondary N) is 2. The highest BCUT2D eigenvalue weighted by Gasteiger charge is 2.18. The Morgan fingerprint density at radius 3 is 2.26 bits per heavy atom. The van der Waals surface area contributed by atoms with Gasteiger partial charge in [-0.15, -0.1) is 0 Å². The SMILES string of the molecule is Cc1cc(C)c(NC(=O)C(=O)c2ccc[nH]2)c(C)c1. The Labute approximate surface area is 111 Å². The molecule has 1 heterocycles. The summed E-state index contributed by atoms with van der Waals surface area (Å²) in [6.45, 7) is 5.82. The first-order valence-corrected chi connectivity index (χ1v) is 6.06. The fourth-order valence-corrected chi connectivity index (χ4v) is 2.14. The van der Waals surface area contributed by atoms with Crippen LogP contribution < -0.4 is 5.32 Å². The van der Waals surface area contributed by atoms with E-state index < -0.39 is 11.7 Å². The van der Waals surface area contributed by atoms with Gasteiger partial charge in [-0.2, -0.15) is 0 Å². The molecule has 0 aliphatic heterocycles. The van der Waals surface area contributed by atoms with E-state index in [-0.39, 0.29) is 0 Å². The molecule has 2 aromatic rings. The van der Waals surface area contributed by atoms with Gasteiger partial charge in [0.25, 0.3) is 11.7 Å². The van der Waals surface area contributed by atoms with Gasteiger partial charge >= 0.3 is 0 Å². The number of carbonyl (C=O) groups excluding carboxylic acids is 2. The standard InChI is InChI=1S/C15H16N2O2/c1-9-7-10(2)13(11(3)8-9)17-15(19)14(18)12-5-4-6-16-12/h4-8,16H,1-3H3,(H,17,19). The second-order valence-electron chi connectivity index (χ2n) is 4.64. The van der Waals surface area contributed by atoms with Crippen LogP contribution in [0, 0.1) is 20.8 Å². The Balaban J connectivity index is 2.22. The number of ketones is 1. The second kappa shape index (κ2) is 5.10. The molecule has 1 amide bonds. The van der Waals surface area contributed by atoms with E-state index in [4.69, 9.17) is 0 Å². The third-order valence-electron chi connectivity index (χ3n) is 2.96. The summed E-state index contributed by atoms with van der Waals surface area (Å²) >= 11 is 0. The van der Waals surface area contributed by atoms with E-state index in [1.54, 1.807) is 18.3 Å². The Kier molecular flexibility index (Phi) is 3.51. The predicted octanol–water partition coefficient (Wildman–Crippen LogP) is 2.76. The average Bonchev–Trinajstić information content (AvgIpc) is 2.86. The molecule has 4 nitrogen and oxygen atoms in total. The molecule has 1 aromatic carbocycles. The number of hydrogen-bond acceptors (Lipinski definition) is 2. The fourth-order valence-electron chi connectivity index (χ4n) is 2.14. The maximum absolute atomic E-state index is 11.9. The second-order valence-corrected chi connectivity index (χ2v) is 4.64. The molecule has 0 bridgehead atoms. The van der Waals surface area contributed by atoms with Crippen molar-refractivity contribution in [3.8, 4) is 0 Å². The van der Waals surface area contributed by atoms with Gasteiger partial charge in [0.15, 0.2) is 0 Å². The summed E-state index contributed by atoms with van der Waals surface area (Å²) in [6, 6.07) is 7.21. The van der Waals surface area contributed by atoms with Crippen molar-refractivity contribution in [2.24, 2.45) is 0 Å². The van der Waals surface area contributed by atoms with E-state index in [2.05, 4.69) is 10.3 Å². The minimum absolute atomic E-state index is 0.292. The average molecular weight is 256 g/mol. The molecule has 2 N–H and O–H groups in total. The summed E-state index contributed by atoms with van der Waals surface area (Å²) in [7, 11) is 0. The quantitative estimate of drug-likeness (QED) is 0.655. The number of aromatic amines is 1. The normalized spacial score (nSPS) is 10.3. The molecule has 4 heteroatoms. The number of aryl methyl sites for hydroxylation is 3. The van der Waals surface area contributed by atoms with Crippen LogP contribution in [0.5, 0.6) is 0 Å². The van der Waals surface area contributed by atoms with Crippen molar-refractivity contribution in [2.45, 2.75) is 20.8 Å². The first-order chi connectivity index (χ1) is 8.99. The number of aromatic nitrogens is 1. The molecule has 19 heavy (non-hydrogen) atoms. The summed E-state index contributed by atoms with van der Waals surface area (Å²) in [5.74, 6) is -1.19. The minimum atomic E-state index is -0.627. The number of H-pyrrole nitrogens is 1. The van der Waals surface area contributed by atoms with Crippen molar-refractivity contribution in [3.05, 3.63) is 52.8 Å². The van der Waals surface area contributed by atoms with Gasteiger partial charge < -0.3 is 10.3 Å². The number of carbonyl (C=O) groups is 2. The summed E-state index contributed by atoms with van der Waals surface area (Å²) < 4.78 is 0. The Hall–Kier alpha value is -2.36. The Bertz CT molecular complexity index is 605. The van der Waals surface area contributed by atoms with Gasteiger partial charge in [0.2, 0.25) is 0 Å². The molecule has 0 saturated heterocycles. The number of Topliss-reactive ketones (excluding diaryl/α,β-unsaturated/α-hetero) is 1. The van der Waals surface area contributed by atoms with Gasteiger partial charge in [0.05, 0.1) is 5.69 Å². The molecule has 0 spiro atoms. The Morgan fingerprint density at radius 2 is 1.74 bits per heavy atom. The van der Waals surface area contributed by atoms with E-state index in [1.807, 2.05) is 32.9 Å². The highest BCUT2D eigenvalue weighted by molar-refractivity contribution is 6.46. The van der Waals surface area contributed by atoms with Crippen LogP contribution in [-0.4, -0.2) is 16.7 Å². The molecule has 1 aromatic heterocycles. The van der Waals surface area contributed by atoms with Gasteiger partial charge in [-0.3, -0.25) is 9.59 Å². The number of amides is 1. The van der Waals surface area contributed by atoms with Crippen LogP contribution in [0.1, 0.15) is 27.2 Å². The lowest BCUT2D eigenvalue weighted by atomic mass is 10.0.